The number of fused-ring (bicyclic) bond motifs is 1. The molecule has 0 fully saturated rings. The third kappa shape index (κ3) is 6.30. The number of hydroxylamine groups is 1. The van der Waals surface area contributed by atoms with Crippen LogP contribution in [0.2, 0.25) is 0 Å². The van der Waals surface area contributed by atoms with E-state index in [4.69, 9.17) is 14.9 Å². The quantitative estimate of drug-likeness (QED) is 0.179. The number of anilines is 3. The van der Waals surface area contributed by atoms with Crippen molar-refractivity contribution >= 4 is 34.5 Å². The van der Waals surface area contributed by atoms with E-state index in [0.717, 1.165) is 61.5 Å². The highest BCUT2D eigenvalue weighted by Gasteiger charge is 2.14. The summed E-state index contributed by atoms with van der Waals surface area (Å²) in [6, 6.07) is 7.68. The zero-order valence-electron chi connectivity index (χ0n) is 18.6. The molecule has 0 radical (unpaired) electrons. The molecule has 3 rings (SSSR count). The molecule has 1 amide bonds. The summed E-state index contributed by atoms with van der Waals surface area (Å²) in [5.74, 6) is 1.78. The van der Waals surface area contributed by atoms with Crippen LogP contribution in [0, 0.1) is 0 Å². The fourth-order valence-electron chi connectivity index (χ4n) is 3.38. The molecule has 0 atom stereocenters. The molecule has 1 aromatic carbocycles. The maximum Gasteiger partial charge on any atom is 0.243 e. The number of hydrogen-bond donors (Lipinski definition) is 4. The Morgan fingerprint density at radius 2 is 1.84 bits per heavy atom. The lowest BCUT2D eigenvalue weighted by atomic mass is 10.1. The van der Waals surface area contributed by atoms with Crippen molar-refractivity contribution in [3.05, 3.63) is 30.6 Å². The summed E-state index contributed by atoms with van der Waals surface area (Å²) >= 11 is 0. The van der Waals surface area contributed by atoms with Crippen molar-refractivity contribution in [3.63, 3.8) is 0 Å². The second-order valence-electron chi connectivity index (χ2n) is 7.34. The Hall–Kier alpha value is -3.40. The Labute approximate surface area is 187 Å². The molecule has 2 heterocycles. The number of benzene rings is 1. The Balaban J connectivity index is 1.51. The third-order valence-corrected chi connectivity index (χ3v) is 5.13. The first-order valence-electron chi connectivity index (χ1n) is 11.0. The number of ether oxygens (including phenoxy) is 1. The van der Waals surface area contributed by atoms with Crippen LogP contribution in [-0.2, 0) is 4.79 Å². The van der Waals surface area contributed by atoms with Crippen molar-refractivity contribution in [2.24, 2.45) is 0 Å². The maximum atomic E-state index is 10.9. The zero-order valence-corrected chi connectivity index (χ0v) is 18.6. The third-order valence-electron chi connectivity index (χ3n) is 5.13. The van der Waals surface area contributed by atoms with E-state index in [0.29, 0.717) is 24.6 Å². The number of carbonyl (C=O) groups is 1. The summed E-state index contributed by atoms with van der Waals surface area (Å²) in [7, 11) is 0. The van der Waals surface area contributed by atoms with Gasteiger partial charge in [0.2, 0.25) is 11.9 Å². The molecule has 0 unspecified atom stereocenters. The minimum atomic E-state index is -0.339. The van der Waals surface area contributed by atoms with E-state index in [9.17, 15) is 4.79 Å². The van der Waals surface area contributed by atoms with Crippen LogP contribution in [0.4, 0.5) is 17.5 Å². The van der Waals surface area contributed by atoms with Gasteiger partial charge in [0.25, 0.3) is 0 Å². The van der Waals surface area contributed by atoms with Gasteiger partial charge in [0.1, 0.15) is 11.3 Å². The number of aromatic nitrogens is 4. The SMILES string of the molecule is CCN(CC)c1nc(Nc2ccc(OCCCCCCC(=O)NO)cc2)nc2nc[nH]c12. The van der Waals surface area contributed by atoms with E-state index in [1.54, 1.807) is 11.8 Å². The number of amides is 1. The molecule has 2 aromatic heterocycles. The highest BCUT2D eigenvalue weighted by atomic mass is 16.5. The number of rotatable bonds is 13. The molecular formula is C22H31N7O3. The minimum Gasteiger partial charge on any atom is -0.494 e. The summed E-state index contributed by atoms with van der Waals surface area (Å²) in [6.07, 6.45) is 5.55. The Morgan fingerprint density at radius 1 is 1.09 bits per heavy atom. The standard InChI is InChI=1S/C22H31N7O3/c1-3-29(4-2)21-19-20(24-15-23-19)26-22(27-21)25-16-10-12-17(13-11-16)32-14-8-6-5-7-9-18(30)28-31/h10-13,15,31H,3-9,14H2,1-2H3,(H,28,30)(H2,23,24,25,26,27). The normalized spacial score (nSPS) is 10.8. The van der Waals surface area contributed by atoms with Gasteiger partial charge in [0, 0.05) is 25.2 Å². The molecule has 0 spiro atoms. The topological polar surface area (TPSA) is 128 Å². The number of H-pyrrole nitrogens is 1. The largest absolute Gasteiger partial charge is 0.494 e. The van der Waals surface area contributed by atoms with E-state index >= 15 is 0 Å². The lowest BCUT2D eigenvalue weighted by Gasteiger charge is -2.20. The summed E-state index contributed by atoms with van der Waals surface area (Å²) < 4.78 is 5.79. The van der Waals surface area contributed by atoms with Crippen molar-refractivity contribution in [3.8, 4) is 5.75 Å². The average molecular weight is 442 g/mol. The van der Waals surface area contributed by atoms with Gasteiger partial charge in [-0.05, 0) is 51.0 Å². The van der Waals surface area contributed by atoms with Crippen molar-refractivity contribution in [1.29, 1.82) is 0 Å². The first-order chi connectivity index (χ1) is 15.6. The summed E-state index contributed by atoms with van der Waals surface area (Å²) in [5, 5.41) is 11.7. The minimum absolute atomic E-state index is 0.339. The van der Waals surface area contributed by atoms with Crippen molar-refractivity contribution in [2.75, 3.05) is 29.9 Å². The zero-order chi connectivity index (χ0) is 22.8. The number of nitrogens with one attached hydrogen (secondary N) is 3. The first kappa shape index (κ1) is 23.3. The molecule has 172 valence electrons. The predicted molar refractivity (Wildman–Crippen MR) is 123 cm³/mol. The van der Waals surface area contributed by atoms with Crippen molar-refractivity contribution in [1.82, 2.24) is 25.4 Å². The number of unbranched alkanes of at least 4 members (excludes halogenated alkanes) is 3. The van der Waals surface area contributed by atoms with Gasteiger partial charge in [0.15, 0.2) is 11.5 Å². The molecule has 0 aliphatic rings. The number of carbonyl (C=O) groups excluding carboxylic acids is 1. The lowest BCUT2D eigenvalue weighted by molar-refractivity contribution is -0.129. The van der Waals surface area contributed by atoms with E-state index in [1.165, 1.54) is 0 Å². The van der Waals surface area contributed by atoms with Gasteiger partial charge in [-0.2, -0.15) is 9.97 Å². The lowest BCUT2D eigenvalue weighted by Crippen LogP contribution is -2.23. The predicted octanol–water partition coefficient (Wildman–Crippen LogP) is 3.78. The van der Waals surface area contributed by atoms with E-state index in [2.05, 4.69) is 39.0 Å². The molecular weight excluding hydrogens is 410 g/mol. The number of imidazole rings is 1. The Bertz CT molecular complexity index is 987. The summed E-state index contributed by atoms with van der Waals surface area (Å²) in [5.41, 5.74) is 3.96. The highest BCUT2D eigenvalue weighted by molar-refractivity contribution is 5.84. The monoisotopic (exact) mass is 441 g/mol. The average Bonchev–Trinajstić information content (AvgIpc) is 3.29. The number of hydrogen-bond acceptors (Lipinski definition) is 8. The second-order valence-corrected chi connectivity index (χ2v) is 7.34. The molecule has 32 heavy (non-hydrogen) atoms. The van der Waals surface area contributed by atoms with E-state index in [1.807, 2.05) is 24.3 Å². The van der Waals surface area contributed by atoms with Gasteiger partial charge < -0.3 is 19.9 Å². The maximum absolute atomic E-state index is 10.9. The molecule has 4 N–H and O–H groups in total. The van der Waals surface area contributed by atoms with Gasteiger partial charge in [-0.25, -0.2) is 10.5 Å². The Kier molecular flexibility index (Phi) is 8.61. The van der Waals surface area contributed by atoms with Crippen LogP contribution in [0.25, 0.3) is 11.2 Å². The van der Waals surface area contributed by atoms with Crippen molar-refractivity contribution in [2.45, 2.75) is 46.0 Å². The molecule has 0 aliphatic heterocycles. The van der Waals surface area contributed by atoms with Crippen LogP contribution in [-0.4, -0.2) is 50.7 Å². The molecule has 10 nitrogen and oxygen atoms in total. The van der Waals surface area contributed by atoms with Crippen LogP contribution >= 0.6 is 0 Å². The fourth-order valence-corrected chi connectivity index (χ4v) is 3.38. The first-order valence-corrected chi connectivity index (χ1v) is 11.0. The summed E-state index contributed by atoms with van der Waals surface area (Å²) in [6.45, 7) is 6.48. The van der Waals surface area contributed by atoms with Gasteiger partial charge >= 0.3 is 0 Å². The summed E-state index contributed by atoms with van der Waals surface area (Å²) in [4.78, 5) is 29.7. The van der Waals surface area contributed by atoms with E-state index in [-0.39, 0.29) is 5.91 Å². The van der Waals surface area contributed by atoms with Crippen LogP contribution in [0.3, 0.4) is 0 Å². The number of aromatic amines is 1. The fraction of sp³-hybridized carbons (Fsp3) is 0.455. The molecule has 0 aliphatic carbocycles. The van der Waals surface area contributed by atoms with Crippen LogP contribution in [0.5, 0.6) is 5.75 Å². The molecule has 0 bridgehead atoms. The van der Waals surface area contributed by atoms with Crippen LogP contribution in [0.1, 0.15) is 46.0 Å². The van der Waals surface area contributed by atoms with Crippen LogP contribution < -0.4 is 20.4 Å². The second kappa shape index (κ2) is 11.8. The van der Waals surface area contributed by atoms with E-state index < -0.39 is 0 Å². The Morgan fingerprint density at radius 3 is 2.56 bits per heavy atom. The van der Waals surface area contributed by atoms with Crippen LogP contribution in [0.15, 0.2) is 30.6 Å². The van der Waals surface area contributed by atoms with Gasteiger partial charge in [-0.1, -0.05) is 12.8 Å². The van der Waals surface area contributed by atoms with Crippen molar-refractivity contribution < 1.29 is 14.7 Å². The molecule has 3 aromatic rings. The molecule has 0 saturated heterocycles. The van der Waals surface area contributed by atoms with Gasteiger partial charge in [0.05, 0.1) is 12.9 Å². The number of nitrogens with zero attached hydrogens (tertiary/aromatic N) is 4. The molecule has 10 heteroatoms. The highest BCUT2D eigenvalue weighted by Crippen LogP contribution is 2.25. The smallest absolute Gasteiger partial charge is 0.243 e. The van der Waals surface area contributed by atoms with Gasteiger partial charge in [-0.15, -0.1) is 0 Å². The molecule has 0 saturated carbocycles. The van der Waals surface area contributed by atoms with Gasteiger partial charge in [-0.3, -0.25) is 10.0 Å².